The molecule has 1 heterocycles. The largest absolute Gasteiger partial charge is 0.454 e. The molecule has 3 nitrogen and oxygen atoms in total. The van der Waals surface area contributed by atoms with E-state index >= 15 is 0 Å². The SMILES string of the molecule is C=C1C(=O)O[C@H]2C=C(C)CC/C=C(\C)C/C=C/[C@](C)(O)CC[C@@H]12. The van der Waals surface area contributed by atoms with E-state index in [1.165, 1.54) is 11.1 Å². The quantitative estimate of drug-likeness (QED) is 0.413. The Balaban J connectivity index is 2.25. The van der Waals surface area contributed by atoms with Crippen LogP contribution in [0.4, 0.5) is 0 Å². The summed E-state index contributed by atoms with van der Waals surface area (Å²) < 4.78 is 5.47. The zero-order valence-corrected chi connectivity index (χ0v) is 14.5. The summed E-state index contributed by atoms with van der Waals surface area (Å²) in [7, 11) is 0. The molecular formula is C20H28O3. The molecule has 2 rings (SSSR count). The van der Waals surface area contributed by atoms with E-state index in [-0.39, 0.29) is 18.0 Å². The van der Waals surface area contributed by atoms with E-state index in [4.69, 9.17) is 4.74 Å². The molecule has 23 heavy (non-hydrogen) atoms. The predicted octanol–water partition coefficient (Wildman–Crippen LogP) is 4.25. The summed E-state index contributed by atoms with van der Waals surface area (Å²) in [5.74, 6) is -0.350. The number of hydrogen-bond donors (Lipinski definition) is 1. The first kappa shape index (κ1) is 17.7. The molecule has 1 saturated heterocycles. The van der Waals surface area contributed by atoms with Crippen molar-refractivity contribution in [2.45, 2.75) is 64.6 Å². The van der Waals surface area contributed by atoms with Crippen LogP contribution in [-0.2, 0) is 9.53 Å². The van der Waals surface area contributed by atoms with Crippen LogP contribution in [0.5, 0.6) is 0 Å². The summed E-state index contributed by atoms with van der Waals surface area (Å²) in [4.78, 5) is 11.9. The lowest BCUT2D eigenvalue weighted by Crippen LogP contribution is -2.24. The number of carbonyl (C=O) groups excluding carboxylic acids is 1. The molecule has 1 aliphatic carbocycles. The van der Waals surface area contributed by atoms with Crippen molar-refractivity contribution in [3.05, 3.63) is 47.6 Å². The topological polar surface area (TPSA) is 46.5 Å². The van der Waals surface area contributed by atoms with Gasteiger partial charge < -0.3 is 9.84 Å². The minimum absolute atomic E-state index is 0.0439. The Hall–Kier alpha value is -1.61. The number of allylic oxidation sites excluding steroid dienone is 4. The van der Waals surface area contributed by atoms with E-state index in [0.29, 0.717) is 18.4 Å². The lowest BCUT2D eigenvalue weighted by Gasteiger charge is -2.23. The standard InChI is InChI=1S/C20H28O3/c1-14-7-5-8-15(2)13-18-17(16(3)19(21)23-18)10-12-20(4,22)11-6-9-14/h6-7,11,13,17-18,22H,3,5,8-10,12H2,1-2,4H3/b11-6+,14-7+,15-13?/t17-,18-,20-/m0/s1. The van der Waals surface area contributed by atoms with Gasteiger partial charge >= 0.3 is 5.97 Å². The van der Waals surface area contributed by atoms with Crippen LogP contribution in [0.2, 0.25) is 0 Å². The number of fused-ring (bicyclic) bond motifs is 1. The third kappa shape index (κ3) is 4.93. The Morgan fingerprint density at radius 1 is 1.35 bits per heavy atom. The van der Waals surface area contributed by atoms with Gasteiger partial charge in [0.05, 0.1) is 5.60 Å². The Morgan fingerprint density at radius 3 is 2.83 bits per heavy atom. The van der Waals surface area contributed by atoms with Gasteiger partial charge in [0.1, 0.15) is 6.10 Å². The van der Waals surface area contributed by atoms with Crippen LogP contribution >= 0.6 is 0 Å². The van der Waals surface area contributed by atoms with E-state index in [2.05, 4.69) is 32.6 Å². The van der Waals surface area contributed by atoms with Crippen molar-refractivity contribution >= 4 is 5.97 Å². The minimum atomic E-state index is -0.875. The van der Waals surface area contributed by atoms with Crippen LogP contribution in [0.15, 0.2) is 47.6 Å². The highest BCUT2D eigenvalue weighted by molar-refractivity contribution is 5.91. The van der Waals surface area contributed by atoms with Gasteiger partial charge in [0.15, 0.2) is 0 Å². The zero-order valence-electron chi connectivity index (χ0n) is 14.5. The molecule has 126 valence electrons. The highest BCUT2D eigenvalue weighted by Gasteiger charge is 2.38. The molecule has 0 aromatic carbocycles. The van der Waals surface area contributed by atoms with Crippen LogP contribution in [0.25, 0.3) is 0 Å². The third-order valence-corrected chi connectivity index (χ3v) is 4.71. The molecular weight excluding hydrogens is 288 g/mol. The molecule has 0 amide bonds. The van der Waals surface area contributed by atoms with Crippen molar-refractivity contribution in [2.75, 3.05) is 0 Å². The molecule has 1 aliphatic heterocycles. The van der Waals surface area contributed by atoms with Crippen LogP contribution < -0.4 is 0 Å². The van der Waals surface area contributed by atoms with Crippen molar-refractivity contribution in [1.29, 1.82) is 0 Å². The fourth-order valence-electron chi connectivity index (χ4n) is 3.14. The van der Waals surface area contributed by atoms with Crippen molar-refractivity contribution in [1.82, 2.24) is 0 Å². The highest BCUT2D eigenvalue weighted by atomic mass is 16.5. The number of ether oxygens (including phenoxy) is 1. The maximum atomic E-state index is 11.9. The Labute approximate surface area is 139 Å². The average Bonchev–Trinajstić information content (AvgIpc) is 2.70. The van der Waals surface area contributed by atoms with E-state index in [0.717, 1.165) is 19.3 Å². The Kier molecular flexibility index (Phi) is 5.64. The molecule has 0 unspecified atom stereocenters. The first-order valence-corrected chi connectivity index (χ1v) is 8.41. The third-order valence-electron chi connectivity index (χ3n) is 4.71. The summed E-state index contributed by atoms with van der Waals surface area (Å²) in [6.07, 6.45) is 12.0. The first-order chi connectivity index (χ1) is 10.8. The van der Waals surface area contributed by atoms with Gasteiger partial charge in [0, 0.05) is 11.5 Å². The van der Waals surface area contributed by atoms with Gasteiger partial charge in [0.2, 0.25) is 0 Å². The van der Waals surface area contributed by atoms with E-state index in [1.54, 1.807) is 0 Å². The van der Waals surface area contributed by atoms with Crippen molar-refractivity contribution in [3.8, 4) is 0 Å². The molecule has 0 aromatic rings. The zero-order chi connectivity index (χ0) is 17.0. The van der Waals surface area contributed by atoms with Gasteiger partial charge in [0.25, 0.3) is 0 Å². The average molecular weight is 316 g/mol. The molecule has 0 aromatic heterocycles. The van der Waals surface area contributed by atoms with Crippen LogP contribution in [0, 0.1) is 5.92 Å². The highest BCUT2D eigenvalue weighted by Crippen LogP contribution is 2.34. The second kappa shape index (κ2) is 7.31. The maximum Gasteiger partial charge on any atom is 0.334 e. The summed E-state index contributed by atoms with van der Waals surface area (Å²) in [5.41, 5.74) is 2.19. The molecule has 0 radical (unpaired) electrons. The predicted molar refractivity (Wildman–Crippen MR) is 92.9 cm³/mol. The van der Waals surface area contributed by atoms with Crippen molar-refractivity contribution < 1.29 is 14.6 Å². The van der Waals surface area contributed by atoms with Crippen LogP contribution in [-0.4, -0.2) is 22.8 Å². The molecule has 1 N–H and O–H groups in total. The molecule has 0 spiro atoms. The number of esters is 1. The van der Waals surface area contributed by atoms with Gasteiger partial charge in [-0.1, -0.05) is 36.0 Å². The van der Waals surface area contributed by atoms with Gasteiger partial charge in [-0.3, -0.25) is 0 Å². The second-order valence-corrected chi connectivity index (χ2v) is 7.11. The summed E-state index contributed by atoms with van der Waals surface area (Å²) in [6.45, 7) is 9.90. The fraction of sp³-hybridized carbons (Fsp3) is 0.550. The number of hydrogen-bond acceptors (Lipinski definition) is 3. The number of rotatable bonds is 0. The van der Waals surface area contributed by atoms with E-state index in [1.807, 2.05) is 19.1 Å². The lowest BCUT2D eigenvalue weighted by atomic mass is 9.86. The fourth-order valence-corrected chi connectivity index (χ4v) is 3.14. The van der Waals surface area contributed by atoms with Gasteiger partial charge in [-0.15, -0.1) is 0 Å². The van der Waals surface area contributed by atoms with E-state index in [9.17, 15) is 9.90 Å². The molecule has 1 fully saturated rings. The molecule has 3 heteroatoms. The Bertz CT molecular complexity index is 563. The van der Waals surface area contributed by atoms with Crippen molar-refractivity contribution in [2.24, 2.45) is 5.92 Å². The van der Waals surface area contributed by atoms with Gasteiger partial charge in [-0.05, 0) is 59.0 Å². The molecule has 0 saturated carbocycles. The normalized spacial score (nSPS) is 37.0. The van der Waals surface area contributed by atoms with Crippen LogP contribution in [0.3, 0.4) is 0 Å². The number of carbonyl (C=O) groups is 1. The second-order valence-electron chi connectivity index (χ2n) is 7.11. The van der Waals surface area contributed by atoms with E-state index < -0.39 is 5.60 Å². The first-order valence-electron chi connectivity index (χ1n) is 8.41. The maximum absolute atomic E-state index is 11.9. The summed E-state index contributed by atoms with van der Waals surface area (Å²) in [5, 5.41) is 10.5. The smallest absolute Gasteiger partial charge is 0.334 e. The summed E-state index contributed by atoms with van der Waals surface area (Å²) >= 11 is 0. The van der Waals surface area contributed by atoms with Gasteiger partial charge in [-0.2, -0.15) is 0 Å². The monoisotopic (exact) mass is 316 g/mol. The number of aliphatic hydroxyl groups is 1. The Morgan fingerprint density at radius 2 is 2.09 bits per heavy atom. The lowest BCUT2D eigenvalue weighted by molar-refractivity contribution is -0.137. The molecule has 3 atom stereocenters. The van der Waals surface area contributed by atoms with Crippen molar-refractivity contribution in [3.63, 3.8) is 0 Å². The molecule has 0 bridgehead atoms. The van der Waals surface area contributed by atoms with Gasteiger partial charge in [-0.25, -0.2) is 4.79 Å². The molecule has 2 aliphatic rings. The summed E-state index contributed by atoms with van der Waals surface area (Å²) in [6, 6.07) is 0. The van der Waals surface area contributed by atoms with Crippen LogP contribution in [0.1, 0.15) is 52.9 Å². The minimum Gasteiger partial charge on any atom is -0.454 e.